The monoisotopic (exact) mass is 346 g/mol. The van der Waals surface area contributed by atoms with E-state index in [0.29, 0.717) is 35.3 Å². The van der Waals surface area contributed by atoms with Gasteiger partial charge < -0.3 is 24.9 Å². The van der Waals surface area contributed by atoms with Crippen LogP contribution in [-0.2, 0) is 6.54 Å². The van der Waals surface area contributed by atoms with Gasteiger partial charge in [0.25, 0.3) is 5.91 Å². The third kappa shape index (κ3) is 5.00. The van der Waals surface area contributed by atoms with E-state index in [2.05, 4.69) is 19.2 Å². The van der Waals surface area contributed by atoms with Gasteiger partial charge in [0, 0.05) is 0 Å². The highest BCUT2D eigenvalue weighted by Crippen LogP contribution is 2.30. The Morgan fingerprint density at radius 2 is 2.00 bits per heavy atom. The lowest BCUT2D eigenvalue weighted by Gasteiger charge is -2.17. The van der Waals surface area contributed by atoms with Crippen molar-refractivity contribution in [1.29, 1.82) is 0 Å². The average Bonchev–Trinajstić information content (AvgIpc) is 3.08. The van der Waals surface area contributed by atoms with E-state index in [-0.39, 0.29) is 18.5 Å². The Morgan fingerprint density at radius 3 is 2.60 bits per heavy atom. The number of furan rings is 1. The van der Waals surface area contributed by atoms with Crippen molar-refractivity contribution in [3.63, 3.8) is 0 Å². The first kappa shape index (κ1) is 18.9. The molecular formula is C19H26N2O4. The predicted molar refractivity (Wildman–Crippen MR) is 95.8 cm³/mol. The van der Waals surface area contributed by atoms with Gasteiger partial charge in [0.2, 0.25) is 0 Å². The Labute approximate surface area is 148 Å². The molecule has 25 heavy (non-hydrogen) atoms. The van der Waals surface area contributed by atoms with Crippen LogP contribution < -0.4 is 20.5 Å². The fourth-order valence-corrected chi connectivity index (χ4v) is 2.30. The van der Waals surface area contributed by atoms with Gasteiger partial charge in [0.1, 0.15) is 12.0 Å². The molecule has 0 aliphatic rings. The Hall–Kier alpha value is -2.47. The van der Waals surface area contributed by atoms with E-state index < -0.39 is 0 Å². The molecule has 1 heterocycles. The zero-order valence-corrected chi connectivity index (χ0v) is 15.2. The lowest BCUT2D eigenvalue weighted by Crippen LogP contribution is -2.26. The maximum Gasteiger partial charge on any atom is 0.255 e. The van der Waals surface area contributed by atoms with Crippen LogP contribution in [0.2, 0.25) is 0 Å². The van der Waals surface area contributed by atoms with Crippen LogP contribution in [0.1, 0.15) is 48.5 Å². The molecule has 0 radical (unpaired) electrons. The molecule has 2 rings (SSSR count). The van der Waals surface area contributed by atoms with Crippen LogP contribution in [0.3, 0.4) is 0 Å². The van der Waals surface area contributed by atoms with Gasteiger partial charge in [-0.05, 0) is 36.6 Å². The first-order valence-electron chi connectivity index (χ1n) is 8.33. The molecule has 0 aliphatic carbocycles. The quantitative estimate of drug-likeness (QED) is 0.766. The van der Waals surface area contributed by atoms with Gasteiger partial charge in [0.15, 0.2) is 11.5 Å². The summed E-state index contributed by atoms with van der Waals surface area (Å²) in [6.07, 6.45) is 1.41. The minimum atomic E-state index is -0.213. The fraction of sp³-hybridized carbons (Fsp3) is 0.421. The van der Waals surface area contributed by atoms with Crippen LogP contribution in [0.5, 0.6) is 11.5 Å². The second-order valence-corrected chi connectivity index (χ2v) is 6.32. The normalized spacial score (nSPS) is 12.1. The standard InChI is InChI=1S/C19H26N2O4/c1-12(2)10-25-17-6-5-14(8-18(17)23-4)13(3)21-19(22)15-7-16(9-20)24-11-15/h5-8,11-13H,9-10,20H2,1-4H3,(H,21,22). The summed E-state index contributed by atoms with van der Waals surface area (Å²) in [4.78, 5) is 12.3. The van der Waals surface area contributed by atoms with E-state index in [9.17, 15) is 4.79 Å². The number of benzene rings is 1. The highest BCUT2D eigenvalue weighted by molar-refractivity contribution is 5.94. The van der Waals surface area contributed by atoms with E-state index in [4.69, 9.17) is 19.6 Å². The molecular weight excluding hydrogens is 320 g/mol. The van der Waals surface area contributed by atoms with E-state index in [1.807, 2.05) is 25.1 Å². The molecule has 1 atom stereocenters. The van der Waals surface area contributed by atoms with E-state index in [0.717, 1.165) is 5.56 Å². The Kier molecular flexibility index (Phi) is 6.47. The lowest BCUT2D eigenvalue weighted by atomic mass is 10.1. The maximum absolute atomic E-state index is 12.3. The minimum Gasteiger partial charge on any atom is -0.493 e. The van der Waals surface area contributed by atoms with Crippen molar-refractivity contribution in [2.75, 3.05) is 13.7 Å². The molecule has 2 aromatic rings. The zero-order valence-electron chi connectivity index (χ0n) is 15.2. The van der Waals surface area contributed by atoms with Crippen LogP contribution in [-0.4, -0.2) is 19.6 Å². The molecule has 0 saturated carbocycles. The van der Waals surface area contributed by atoms with Crippen molar-refractivity contribution >= 4 is 5.91 Å². The van der Waals surface area contributed by atoms with Crippen LogP contribution in [0.25, 0.3) is 0 Å². The minimum absolute atomic E-state index is 0.197. The number of carbonyl (C=O) groups is 1. The summed E-state index contributed by atoms with van der Waals surface area (Å²) in [5.41, 5.74) is 6.87. The molecule has 0 saturated heterocycles. The predicted octanol–water partition coefficient (Wildman–Crippen LogP) is 3.27. The molecule has 0 aliphatic heterocycles. The topological polar surface area (TPSA) is 86.7 Å². The summed E-state index contributed by atoms with van der Waals surface area (Å²) in [5, 5.41) is 2.93. The highest BCUT2D eigenvalue weighted by atomic mass is 16.5. The number of methoxy groups -OCH3 is 1. The molecule has 3 N–H and O–H groups in total. The second kappa shape index (κ2) is 8.58. The number of rotatable bonds is 8. The Bertz CT molecular complexity index is 709. The SMILES string of the molecule is COc1cc(C(C)NC(=O)c2coc(CN)c2)ccc1OCC(C)C. The summed E-state index contributed by atoms with van der Waals surface area (Å²) >= 11 is 0. The van der Waals surface area contributed by atoms with Gasteiger partial charge in [-0.15, -0.1) is 0 Å². The molecule has 6 nitrogen and oxygen atoms in total. The second-order valence-electron chi connectivity index (χ2n) is 6.32. The summed E-state index contributed by atoms with van der Waals surface area (Å²) in [6.45, 7) is 6.96. The molecule has 1 aromatic heterocycles. The first-order valence-corrected chi connectivity index (χ1v) is 8.33. The largest absolute Gasteiger partial charge is 0.493 e. The van der Waals surface area contributed by atoms with Crippen molar-refractivity contribution in [3.05, 3.63) is 47.4 Å². The molecule has 6 heteroatoms. The number of ether oxygens (including phenoxy) is 2. The van der Waals surface area contributed by atoms with Gasteiger partial charge in [-0.3, -0.25) is 4.79 Å². The van der Waals surface area contributed by atoms with E-state index in [1.54, 1.807) is 13.2 Å². The van der Waals surface area contributed by atoms with Crippen molar-refractivity contribution in [2.45, 2.75) is 33.4 Å². The van der Waals surface area contributed by atoms with Crippen LogP contribution in [0.15, 0.2) is 34.9 Å². The molecule has 0 spiro atoms. The van der Waals surface area contributed by atoms with Crippen molar-refractivity contribution in [2.24, 2.45) is 11.7 Å². The number of amides is 1. The molecule has 0 fully saturated rings. The number of nitrogens with two attached hydrogens (primary N) is 1. The van der Waals surface area contributed by atoms with Gasteiger partial charge in [-0.25, -0.2) is 0 Å². The molecule has 1 amide bonds. The zero-order chi connectivity index (χ0) is 18.4. The van der Waals surface area contributed by atoms with Gasteiger partial charge >= 0.3 is 0 Å². The lowest BCUT2D eigenvalue weighted by molar-refractivity contribution is 0.0939. The van der Waals surface area contributed by atoms with Gasteiger partial charge in [0.05, 0.1) is 31.9 Å². The van der Waals surface area contributed by atoms with Crippen LogP contribution >= 0.6 is 0 Å². The third-order valence-corrected chi connectivity index (χ3v) is 3.72. The number of hydrogen-bond donors (Lipinski definition) is 2. The average molecular weight is 346 g/mol. The summed E-state index contributed by atoms with van der Waals surface area (Å²) in [7, 11) is 1.60. The molecule has 1 unspecified atom stereocenters. The Balaban J connectivity index is 2.07. The Morgan fingerprint density at radius 1 is 1.24 bits per heavy atom. The van der Waals surface area contributed by atoms with Gasteiger partial charge in [-0.1, -0.05) is 19.9 Å². The summed E-state index contributed by atoms with van der Waals surface area (Å²) in [5.74, 6) is 2.13. The summed E-state index contributed by atoms with van der Waals surface area (Å²) < 4.78 is 16.4. The number of nitrogens with one attached hydrogen (secondary N) is 1. The number of hydrogen-bond acceptors (Lipinski definition) is 5. The van der Waals surface area contributed by atoms with E-state index >= 15 is 0 Å². The maximum atomic E-state index is 12.3. The fourth-order valence-electron chi connectivity index (χ4n) is 2.30. The number of carbonyl (C=O) groups excluding carboxylic acids is 1. The smallest absolute Gasteiger partial charge is 0.255 e. The van der Waals surface area contributed by atoms with Gasteiger partial charge in [-0.2, -0.15) is 0 Å². The third-order valence-electron chi connectivity index (χ3n) is 3.72. The van der Waals surface area contributed by atoms with Crippen molar-refractivity contribution in [3.8, 4) is 11.5 Å². The van der Waals surface area contributed by atoms with Crippen LogP contribution in [0, 0.1) is 5.92 Å². The highest BCUT2D eigenvalue weighted by Gasteiger charge is 2.16. The van der Waals surface area contributed by atoms with Crippen LogP contribution in [0.4, 0.5) is 0 Å². The van der Waals surface area contributed by atoms with Crippen molar-refractivity contribution in [1.82, 2.24) is 5.32 Å². The van der Waals surface area contributed by atoms with E-state index in [1.165, 1.54) is 6.26 Å². The van der Waals surface area contributed by atoms with Crippen molar-refractivity contribution < 1.29 is 18.7 Å². The molecule has 0 bridgehead atoms. The first-order chi connectivity index (χ1) is 11.9. The molecule has 136 valence electrons. The summed E-state index contributed by atoms with van der Waals surface area (Å²) in [6, 6.07) is 7.11. The molecule has 1 aromatic carbocycles.